The van der Waals surface area contributed by atoms with E-state index in [-0.39, 0.29) is 10.6 Å². The Morgan fingerprint density at radius 2 is 1.77 bits per heavy atom. The van der Waals surface area contributed by atoms with Gasteiger partial charge in [0, 0.05) is 30.6 Å². The van der Waals surface area contributed by atoms with Gasteiger partial charge in [-0.3, -0.25) is 4.98 Å². The van der Waals surface area contributed by atoms with Crippen molar-refractivity contribution in [1.82, 2.24) is 15.0 Å². The maximum Gasteiger partial charge on any atom is 0.184 e. The van der Waals surface area contributed by atoms with Crippen LogP contribution in [0.25, 0.3) is 11.4 Å². The fourth-order valence-corrected chi connectivity index (χ4v) is 3.65. The molecule has 132 valence electrons. The van der Waals surface area contributed by atoms with E-state index in [2.05, 4.69) is 26.8 Å². The lowest BCUT2D eigenvalue weighted by atomic mass is 10.2. The molecular formula is C19H18N4O2S. The molecule has 7 heteroatoms. The van der Waals surface area contributed by atoms with Crippen molar-refractivity contribution in [2.75, 3.05) is 11.9 Å². The summed E-state index contributed by atoms with van der Waals surface area (Å²) in [5.74, 6) is 0.783. The van der Waals surface area contributed by atoms with Crippen LogP contribution in [0.15, 0.2) is 78.5 Å². The second kappa shape index (κ2) is 7.88. The fraction of sp³-hybridized carbons (Fsp3) is 0.105. The predicted molar refractivity (Wildman–Crippen MR) is 101 cm³/mol. The number of nitrogens with one attached hydrogen (secondary N) is 1. The zero-order valence-electron chi connectivity index (χ0n) is 14.0. The Morgan fingerprint density at radius 1 is 1.04 bits per heavy atom. The predicted octanol–water partition coefficient (Wildman–Crippen LogP) is 3.11. The lowest BCUT2D eigenvalue weighted by Crippen LogP contribution is -2.09. The molecule has 0 amide bonds. The van der Waals surface area contributed by atoms with Crippen molar-refractivity contribution in [1.29, 1.82) is 0 Å². The Labute approximate surface area is 152 Å². The lowest BCUT2D eigenvalue weighted by molar-refractivity contribution is 0.594. The Morgan fingerprint density at radius 3 is 2.46 bits per heavy atom. The first-order valence-corrected chi connectivity index (χ1v) is 9.64. The van der Waals surface area contributed by atoms with Crippen LogP contribution in [0.3, 0.4) is 0 Å². The summed E-state index contributed by atoms with van der Waals surface area (Å²) in [5, 5.41) is 3.09. The highest BCUT2D eigenvalue weighted by molar-refractivity contribution is 7.90. The Balaban J connectivity index is 1.99. The normalized spacial score (nSPS) is 11.1. The number of nitrogens with zero attached hydrogens (tertiary/aromatic N) is 3. The number of sulfone groups is 1. The smallest absolute Gasteiger partial charge is 0.184 e. The first-order valence-electron chi connectivity index (χ1n) is 7.99. The van der Waals surface area contributed by atoms with Crippen LogP contribution in [0.4, 0.5) is 5.82 Å². The first-order chi connectivity index (χ1) is 12.6. The van der Waals surface area contributed by atoms with Gasteiger partial charge in [0.15, 0.2) is 15.7 Å². The number of aromatic nitrogens is 3. The van der Waals surface area contributed by atoms with Gasteiger partial charge < -0.3 is 5.32 Å². The standard InChI is InChI=1S/C19H18N4O2S/c1-2-10-21-18-13-16(14-26(24,25)17-6-4-3-5-7-17)22-19(23-18)15-8-11-20-12-9-15/h2-9,11-13H,1,10,14H2,(H,21,22,23). The number of benzene rings is 1. The van der Waals surface area contributed by atoms with Crippen LogP contribution in [0.1, 0.15) is 5.69 Å². The van der Waals surface area contributed by atoms with Crippen LogP contribution in [-0.2, 0) is 15.6 Å². The zero-order chi connectivity index (χ0) is 18.4. The van der Waals surface area contributed by atoms with Gasteiger partial charge in [0.05, 0.1) is 16.3 Å². The van der Waals surface area contributed by atoms with Gasteiger partial charge in [-0.25, -0.2) is 18.4 Å². The second-order valence-electron chi connectivity index (χ2n) is 5.55. The number of hydrogen-bond donors (Lipinski definition) is 1. The zero-order valence-corrected chi connectivity index (χ0v) is 14.9. The Hall–Kier alpha value is -3.06. The number of pyridine rings is 1. The molecule has 0 aliphatic heterocycles. The highest BCUT2D eigenvalue weighted by Gasteiger charge is 2.17. The third kappa shape index (κ3) is 4.31. The SMILES string of the molecule is C=CCNc1cc(CS(=O)(=O)c2ccccc2)nc(-c2ccncc2)n1. The molecule has 1 N–H and O–H groups in total. The molecule has 0 bridgehead atoms. The van der Waals surface area contributed by atoms with E-state index in [0.717, 1.165) is 5.56 Å². The van der Waals surface area contributed by atoms with Crippen molar-refractivity contribution in [3.05, 3.63) is 79.3 Å². The van der Waals surface area contributed by atoms with E-state index in [1.165, 1.54) is 0 Å². The Kier molecular flexibility index (Phi) is 5.38. The van der Waals surface area contributed by atoms with E-state index in [1.807, 2.05) is 0 Å². The molecular weight excluding hydrogens is 348 g/mol. The average Bonchev–Trinajstić information content (AvgIpc) is 2.67. The third-order valence-electron chi connectivity index (χ3n) is 3.59. The maximum atomic E-state index is 12.7. The quantitative estimate of drug-likeness (QED) is 0.647. The second-order valence-corrected chi connectivity index (χ2v) is 7.54. The van der Waals surface area contributed by atoms with Gasteiger partial charge in [0.1, 0.15) is 5.82 Å². The molecule has 2 aromatic heterocycles. The summed E-state index contributed by atoms with van der Waals surface area (Å²) in [7, 11) is -3.50. The van der Waals surface area contributed by atoms with Crippen LogP contribution in [0.2, 0.25) is 0 Å². The topological polar surface area (TPSA) is 84.8 Å². The van der Waals surface area contributed by atoms with Crippen molar-refractivity contribution in [3.63, 3.8) is 0 Å². The minimum atomic E-state index is -3.50. The molecule has 0 unspecified atom stereocenters. The molecule has 1 aromatic carbocycles. The summed E-state index contributed by atoms with van der Waals surface area (Å²) in [5.41, 5.74) is 1.18. The summed E-state index contributed by atoms with van der Waals surface area (Å²) in [6.07, 6.45) is 4.99. The maximum absolute atomic E-state index is 12.7. The fourth-order valence-electron chi connectivity index (χ4n) is 2.37. The van der Waals surface area contributed by atoms with Gasteiger partial charge in [0.2, 0.25) is 0 Å². The van der Waals surface area contributed by atoms with Crippen molar-refractivity contribution in [3.8, 4) is 11.4 Å². The van der Waals surface area contributed by atoms with Gasteiger partial charge in [-0.15, -0.1) is 6.58 Å². The highest BCUT2D eigenvalue weighted by atomic mass is 32.2. The molecule has 0 atom stereocenters. The molecule has 26 heavy (non-hydrogen) atoms. The van der Waals surface area contributed by atoms with Crippen LogP contribution in [-0.4, -0.2) is 29.9 Å². The average molecular weight is 366 g/mol. The summed E-state index contributed by atoms with van der Waals surface area (Å²) in [6.45, 7) is 4.18. The van der Waals surface area contributed by atoms with E-state index < -0.39 is 9.84 Å². The molecule has 0 aliphatic carbocycles. The van der Waals surface area contributed by atoms with Gasteiger partial charge in [-0.05, 0) is 24.3 Å². The molecule has 3 aromatic rings. The monoisotopic (exact) mass is 366 g/mol. The summed E-state index contributed by atoms with van der Waals surface area (Å²) < 4.78 is 25.3. The molecule has 0 radical (unpaired) electrons. The van der Waals surface area contributed by atoms with Gasteiger partial charge >= 0.3 is 0 Å². The van der Waals surface area contributed by atoms with Gasteiger partial charge in [-0.1, -0.05) is 24.3 Å². The minimum Gasteiger partial charge on any atom is -0.366 e. The van der Waals surface area contributed by atoms with E-state index in [9.17, 15) is 8.42 Å². The van der Waals surface area contributed by atoms with Gasteiger partial charge in [0.25, 0.3) is 0 Å². The molecule has 6 nitrogen and oxygen atoms in total. The van der Waals surface area contributed by atoms with Crippen molar-refractivity contribution >= 4 is 15.7 Å². The molecule has 0 saturated carbocycles. The Bertz CT molecular complexity index is 991. The summed E-state index contributed by atoms with van der Waals surface area (Å²) in [6, 6.07) is 13.6. The highest BCUT2D eigenvalue weighted by Crippen LogP contribution is 2.21. The summed E-state index contributed by atoms with van der Waals surface area (Å²) >= 11 is 0. The molecule has 0 aliphatic rings. The van der Waals surface area contributed by atoms with Gasteiger partial charge in [-0.2, -0.15) is 0 Å². The third-order valence-corrected chi connectivity index (χ3v) is 5.25. The number of hydrogen-bond acceptors (Lipinski definition) is 6. The van der Waals surface area contributed by atoms with E-state index in [4.69, 9.17) is 0 Å². The van der Waals surface area contributed by atoms with Crippen LogP contribution >= 0.6 is 0 Å². The number of rotatable bonds is 7. The van der Waals surface area contributed by atoms with E-state index in [0.29, 0.717) is 23.9 Å². The molecule has 0 saturated heterocycles. The van der Waals surface area contributed by atoms with Crippen LogP contribution < -0.4 is 5.32 Å². The molecule has 3 rings (SSSR count). The van der Waals surface area contributed by atoms with Crippen LogP contribution in [0.5, 0.6) is 0 Å². The van der Waals surface area contributed by atoms with Crippen molar-refractivity contribution in [2.24, 2.45) is 0 Å². The van der Waals surface area contributed by atoms with Crippen molar-refractivity contribution < 1.29 is 8.42 Å². The largest absolute Gasteiger partial charge is 0.366 e. The van der Waals surface area contributed by atoms with Crippen LogP contribution in [0, 0.1) is 0 Å². The minimum absolute atomic E-state index is 0.208. The first kappa shape index (κ1) is 17.8. The number of anilines is 1. The van der Waals surface area contributed by atoms with Crippen molar-refractivity contribution in [2.45, 2.75) is 10.6 Å². The molecule has 0 fully saturated rings. The summed E-state index contributed by atoms with van der Waals surface area (Å²) in [4.78, 5) is 13.1. The lowest BCUT2D eigenvalue weighted by Gasteiger charge is -2.10. The molecule has 2 heterocycles. The molecule has 0 spiro atoms. The van der Waals surface area contributed by atoms with E-state index >= 15 is 0 Å². The van der Waals surface area contributed by atoms with E-state index in [1.54, 1.807) is 67.0 Å².